The number of rotatable bonds is 5. The molecule has 1 aliphatic heterocycles. The van der Waals surface area contributed by atoms with Crippen LogP contribution in [0.5, 0.6) is 0 Å². The van der Waals surface area contributed by atoms with E-state index in [4.69, 9.17) is 9.15 Å². The summed E-state index contributed by atoms with van der Waals surface area (Å²) >= 11 is 0. The molecule has 0 spiro atoms. The number of nitrogens with one attached hydrogen (secondary N) is 1. The van der Waals surface area contributed by atoms with Crippen molar-refractivity contribution in [2.24, 2.45) is 13.0 Å². The second kappa shape index (κ2) is 9.60. The van der Waals surface area contributed by atoms with E-state index in [1.165, 1.54) is 30.1 Å². The molecule has 188 valence electrons. The lowest BCUT2D eigenvalue weighted by molar-refractivity contribution is -0.137. The molecule has 0 aliphatic carbocycles. The summed E-state index contributed by atoms with van der Waals surface area (Å²) in [5.41, 5.74) is -2.14. The van der Waals surface area contributed by atoms with Gasteiger partial charge in [0.25, 0.3) is 0 Å². The van der Waals surface area contributed by atoms with Gasteiger partial charge in [0.1, 0.15) is 24.8 Å². The standard InChI is InChI=1S/C21H23F4N7O3/c1-11-4-5-32(16(6-11)19-29-28-17(35-19)9-34-3)20(33)27-15-7-12(18-26-10-31(2)30-18)13(8-14(15)22)21(23,24)25/h7-8,10-11,16H,4-6,9H2,1-3H3,(H,27,33)/t11-,16?/m0/s1. The first-order valence-electron chi connectivity index (χ1n) is 10.7. The van der Waals surface area contributed by atoms with Gasteiger partial charge in [-0.05, 0) is 30.9 Å². The number of piperidine rings is 1. The van der Waals surface area contributed by atoms with Crippen LogP contribution in [0.15, 0.2) is 22.9 Å². The van der Waals surface area contributed by atoms with Crippen LogP contribution in [-0.2, 0) is 24.6 Å². The number of alkyl halides is 3. The number of hydrogen-bond donors (Lipinski definition) is 1. The Kier molecular flexibility index (Phi) is 6.74. The van der Waals surface area contributed by atoms with E-state index in [-0.39, 0.29) is 30.1 Å². The minimum absolute atomic E-state index is 0.0998. The number of urea groups is 1. The fraction of sp³-hybridized carbons (Fsp3) is 0.476. The van der Waals surface area contributed by atoms with Crippen LogP contribution in [0.25, 0.3) is 11.4 Å². The van der Waals surface area contributed by atoms with Crippen LogP contribution in [0.3, 0.4) is 0 Å². The summed E-state index contributed by atoms with van der Waals surface area (Å²) in [6.45, 7) is 2.41. The number of hydrogen-bond acceptors (Lipinski definition) is 7. The van der Waals surface area contributed by atoms with Crippen molar-refractivity contribution in [3.05, 3.63) is 41.6 Å². The number of nitrogens with zero attached hydrogens (tertiary/aromatic N) is 6. The van der Waals surface area contributed by atoms with Gasteiger partial charge in [-0.1, -0.05) is 6.92 Å². The summed E-state index contributed by atoms with van der Waals surface area (Å²) in [4.78, 5) is 18.4. The monoisotopic (exact) mass is 497 g/mol. The average Bonchev–Trinajstić information content (AvgIpc) is 3.43. The molecule has 1 aliphatic rings. The molecule has 1 saturated heterocycles. The fourth-order valence-corrected chi connectivity index (χ4v) is 3.94. The lowest BCUT2D eigenvalue weighted by atomic mass is 9.92. The zero-order chi connectivity index (χ0) is 25.3. The lowest BCUT2D eigenvalue weighted by Gasteiger charge is -2.36. The van der Waals surface area contributed by atoms with Gasteiger partial charge >= 0.3 is 12.2 Å². The van der Waals surface area contributed by atoms with Gasteiger partial charge < -0.3 is 19.4 Å². The smallest absolute Gasteiger partial charge is 0.417 e. The Labute approximate surface area is 197 Å². The normalized spacial score (nSPS) is 18.7. The zero-order valence-corrected chi connectivity index (χ0v) is 19.1. The number of aromatic nitrogens is 5. The second-order valence-corrected chi connectivity index (χ2v) is 8.35. The van der Waals surface area contributed by atoms with E-state index >= 15 is 0 Å². The van der Waals surface area contributed by atoms with Gasteiger partial charge in [-0.2, -0.15) is 18.3 Å². The molecule has 10 nitrogen and oxygen atoms in total. The highest BCUT2D eigenvalue weighted by Gasteiger charge is 2.38. The molecule has 35 heavy (non-hydrogen) atoms. The van der Waals surface area contributed by atoms with Crippen LogP contribution in [0, 0.1) is 11.7 Å². The maximum absolute atomic E-state index is 14.7. The first-order valence-corrected chi connectivity index (χ1v) is 10.7. The van der Waals surface area contributed by atoms with Crippen molar-refractivity contribution in [1.82, 2.24) is 29.9 Å². The number of benzene rings is 1. The minimum atomic E-state index is -4.86. The predicted octanol–water partition coefficient (Wildman–Crippen LogP) is 4.17. The van der Waals surface area contributed by atoms with Crippen molar-refractivity contribution in [2.45, 2.75) is 38.6 Å². The highest BCUT2D eigenvalue weighted by molar-refractivity contribution is 5.90. The van der Waals surface area contributed by atoms with Crippen LogP contribution in [0.4, 0.5) is 28.0 Å². The second-order valence-electron chi connectivity index (χ2n) is 8.35. The Hall–Kier alpha value is -3.55. The minimum Gasteiger partial charge on any atom is -0.420 e. The Balaban J connectivity index is 1.64. The van der Waals surface area contributed by atoms with Crippen LogP contribution >= 0.6 is 0 Å². The predicted molar refractivity (Wildman–Crippen MR) is 113 cm³/mol. The van der Waals surface area contributed by atoms with Gasteiger partial charge in [0.05, 0.1) is 11.3 Å². The third-order valence-corrected chi connectivity index (χ3v) is 5.66. The first-order chi connectivity index (χ1) is 16.6. The van der Waals surface area contributed by atoms with Crippen molar-refractivity contribution in [3.8, 4) is 11.4 Å². The third-order valence-electron chi connectivity index (χ3n) is 5.66. The van der Waals surface area contributed by atoms with Crippen molar-refractivity contribution < 1.29 is 31.5 Å². The molecule has 3 aromatic rings. The Morgan fingerprint density at radius 1 is 1.31 bits per heavy atom. The number of likely N-dealkylation sites (tertiary alicyclic amines) is 1. The molecule has 14 heteroatoms. The lowest BCUT2D eigenvalue weighted by Crippen LogP contribution is -2.43. The van der Waals surface area contributed by atoms with Crippen LogP contribution in [0.2, 0.25) is 0 Å². The van der Waals surface area contributed by atoms with Gasteiger partial charge in [-0.25, -0.2) is 14.2 Å². The maximum atomic E-state index is 14.7. The van der Waals surface area contributed by atoms with E-state index in [2.05, 4.69) is 25.6 Å². The molecule has 1 unspecified atom stereocenters. The summed E-state index contributed by atoms with van der Waals surface area (Å²) in [6.07, 6.45) is -2.45. The summed E-state index contributed by atoms with van der Waals surface area (Å²) < 4.78 is 67.3. The van der Waals surface area contributed by atoms with Gasteiger partial charge in [0.15, 0.2) is 5.82 Å². The topological polar surface area (TPSA) is 111 Å². The third kappa shape index (κ3) is 5.26. The van der Waals surface area contributed by atoms with E-state index in [0.717, 1.165) is 6.07 Å². The molecule has 0 radical (unpaired) electrons. The average molecular weight is 497 g/mol. The molecular formula is C21H23F4N7O3. The molecule has 1 fully saturated rings. The van der Waals surface area contributed by atoms with E-state index < -0.39 is 40.9 Å². The van der Waals surface area contributed by atoms with E-state index in [1.807, 2.05) is 6.92 Å². The van der Waals surface area contributed by atoms with Gasteiger partial charge in [0, 0.05) is 26.3 Å². The summed E-state index contributed by atoms with van der Waals surface area (Å²) in [6, 6.07) is -0.0964. The van der Waals surface area contributed by atoms with Gasteiger partial charge in [-0.3, -0.25) is 4.68 Å². The Morgan fingerprint density at radius 2 is 2.09 bits per heavy atom. The van der Waals surface area contributed by atoms with E-state index in [0.29, 0.717) is 25.5 Å². The number of anilines is 1. The molecule has 1 N–H and O–H groups in total. The van der Waals surface area contributed by atoms with Crippen LogP contribution in [-0.4, -0.2) is 49.5 Å². The summed E-state index contributed by atoms with van der Waals surface area (Å²) in [5.74, 6) is -0.817. The summed E-state index contributed by atoms with van der Waals surface area (Å²) in [5, 5.41) is 14.2. The number of carbonyl (C=O) groups is 1. The highest BCUT2D eigenvalue weighted by atomic mass is 19.4. The zero-order valence-electron chi connectivity index (χ0n) is 19.1. The number of methoxy groups -OCH3 is 1. The number of halogens is 4. The van der Waals surface area contributed by atoms with Gasteiger partial charge in [0.2, 0.25) is 11.8 Å². The molecule has 2 amide bonds. The molecular weight excluding hydrogens is 474 g/mol. The fourth-order valence-electron chi connectivity index (χ4n) is 3.94. The number of carbonyl (C=O) groups excluding carboxylic acids is 1. The molecule has 4 rings (SSSR count). The van der Waals surface area contributed by atoms with Crippen LogP contribution < -0.4 is 5.32 Å². The van der Waals surface area contributed by atoms with E-state index in [9.17, 15) is 22.4 Å². The first kappa shape index (κ1) is 24.6. The number of amides is 2. The van der Waals surface area contributed by atoms with E-state index in [1.54, 1.807) is 0 Å². The Morgan fingerprint density at radius 3 is 2.74 bits per heavy atom. The highest BCUT2D eigenvalue weighted by Crippen LogP contribution is 2.39. The van der Waals surface area contributed by atoms with Crippen molar-refractivity contribution in [2.75, 3.05) is 19.0 Å². The molecule has 0 saturated carbocycles. The largest absolute Gasteiger partial charge is 0.420 e. The number of aryl methyl sites for hydroxylation is 1. The molecule has 3 heterocycles. The number of ether oxygens (including phenoxy) is 1. The molecule has 1 aromatic carbocycles. The summed E-state index contributed by atoms with van der Waals surface area (Å²) in [7, 11) is 2.96. The van der Waals surface area contributed by atoms with Crippen molar-refractivity contribution >= 4 is 11.7 Å². The quantitative estimate of drug-likeness (QED) is 0.527. The van der Waals surface area contributed by atoms with Crippen molar-refractivity contribution in [3.63, 3.8) is 0 Å². The van der Waals surface area contributed by atoms with Gasteiger partial charge in [-0.15, -0.1) is 10.2 Å². The van der Waals surface area contributed by atoms with Crippen molar-refractivity contribution in [1.29, 1.82) is 0 Å². The molecule has 0 bridgehead atoms. The SMILES string of the molecule is COCc1nnc(C2C[C@@H](C)CCN2C(=O)Nc2cc(-c3ncn(C)n3)c(C(F)(F)F)cc2F)o1. The Bertz CT molecular complexity index is 1210. The molecule has 2 aromatic heterocycles. The maximum Gasteiger partial charge on any atom is 0.417 e. The molecule has 2 atom stereocenters. The van der Waals surface area contributed by atoms with Crippen LogP contribution in [0.1, 0.15) is 43.2 Å².